The van der Waals surface area contributed by atoms with Crippen molar-refractivity contribution in [2.24, 2.45) is 0 Å². The van der Waals surface area contributed by atoms with Gasteiger partial charge in [0.05, 0.1) is 27.7 Å². The van der Waals surface area contributed by atoms with E-state index < -0.39 is 26.5 Å². The minimum atomic E-state index is -4.35. The van der Waals surface area contributed by atoms with Gasteiger partial charge in [-0.1, -0.05) is 149 Å². The van der Waals surface area contributed by atoms with Crippen molar-refractivity contribution >= 4 is 19.8 Å². The van der Waals surface area contributed by atoms with Gasteiger partial charge in [0.15, 0.2) is 6.10 Å². The van der Waals surface area contributed by atoms with E-state index in [0.29, 0.717) is 17.4 Å². The van der Waals surface area contributed by atoms with Gasteiger partial charge in [-0.2, -0.15) is 0 Å². The minimum absolute atomic E-state index is 0.0360. The second-order valence-corrected chi connectivity index (χ2v) is 15.8. The molecule has 0 aromatic heterocycles. The molecule has 47 heavy (non-hydrogen) atoms. The van der Waals surface area contributed by atoms with Crippen LogP contribution in [-0.4, -0.2) is 74.9 Å². The lowest BCUT2D eigenvalue weighted by Gasteiger charge is -2.24. The number of unbranched alkanes of at least 4 members (excludes halogenated alkanes) is 21. The van der Waals surface area contributed by atoms with Crippen LogP contribution in [0.1, 0.15) is 174 Å². The van der Waals surface area contributed by atoms with Gasteiger partial charge < -0.3 is 18.9 Å². The highest BCUT2D eigenvalue weighted by Gasteiger charge is 2.27. The molecule has 9 nitrogen and oxygen atoms in total. The van der Waals surface area contributed by atoms with Crippen molar-refractivity contribution in [2.75, 3.05) is 47.5 Å². The van der Waals surface area contributed by atoms with Crippen molar-refractivity contribution in [1.82, 2.24) is 0 Å². The molecule has 0 fully saturated rings. The molecule has 2 atom stereocenters. The van der Waals surface area contributed by atoms with Crippen LogP contribution in [0.15, 0.2) is 0 Å². The maximum absolute atomic E-state index is 12.6. The number of esters is 2. The highest BCUT2D eigenvalue weighted by Crippen LogP contribution is 2.43. The van der Waals surface area contributed by atoms with Gasteiger partial charge in [0, 0.05) is 12.8 Å². The highest BCUT2D eigenvalue weighted by molar-refractivity contribution is 7.47. The fourth-order valence-corrected chi connectivity index (χ4v) is 6.05. The number of carbonyl (C=O) groups excluding carboxylic acids is 2. The average molecular weight is 693 g/mol. The molecule has 2 unspecified atom stereocenters. The molecule has 0 aromatic rings. The molecule has 1 N–H and O–H groups in total. The zero-order chi connectivity index (χ0) is 35.1. The van der Waals surface area contributed by atoms with Crippen molar-refractivity contribution in [3.8, 4) is 0 Å². The fraction of sp³-hybridized carbons (Fsp3) is 0.946. The topological polar surface area (TPSA) is 108 Å². The van der Waals surface area contributed by atoms with Gasteiger partial charge >= 0.3 is 19.8 Å². The predicted octanol–water partition coefficient (Wildman–Crippen LogP) is 10.1. The first-order valence-electron chi connectivity index (χ1n) is 19.3. The summed E-state index contributed by atoms with van der Waals surface area (Å²) in [7, 11) is 1.49. The molecule has 0 saturated carbocycles. The Kier molecular flexibility index (Phi) is 30.4. The molecular formula is C37H75NO8P+. The van der Waals surface area contributed by atoms with Crippen LogP contribution in [-0.2, 0) is 32.7 Å². The lowest BCUT2D eigenvalue weighted by Crippen LogP contribution is -2.37. The standard InChI is InChI=1S/C37H74NO8P/c1-6-8-10-12-14-15-16-17-18-19-20-21-22-23-24-26-28-30-37(40)46-35(33-43-36(39)29-27-25-13-11-9-7-2)34-45-47(41,42)44-32-31-38(3,4)5/h35H,6-34H2,1-5H3/p+1. The number of hydrogen-bond acceptors (Lipinski definition) is 7. The zero-order valence-corrected chi connectivity index (χ0v) is 32.2. The van der Waals surface area contributed by atoms with E-state index in [1.54, 1.807) is 0 Å². The number of ether oxygens (including phenoxy) is 2. The summed E-state index contributed by atoms with van der Waals surface area (Å²) in [4.78, 5) is 34.9. The SMILES string of the molecule is CCCCCCCCCCCCCCCCCCCC(=O)OC(COC(=O)CCCCCCCC)COP(=O)(O)OCC[N+](C)(C)C. The van der Waals surface area contributed by atoms with Gasteiger partial charge in [-0.3, -0.25) is 18.6 Å². The number of quaternary nitrogens is 1. The third kappa shape index (κ3) is 34.7. The number of likely N-dealkylation sites (N-methyl/N-ethyl adjacent to an activating group) is 1. The third-order valence-corrected chi connectivity index (χ3v) is 9.37. The molecule has 0 heterocycles. The Bertz CT molecular complexity index is 789. The highest BCUT2D eigenvalue weighted by atomic mass is 31.2. The molecule has 0 aliphatic rings. The molecule has 10 heteroatoms. The number of nitrogens with zero attached hydrogens (tertiary/aromatic N) is 1. The van der Waals surface area contributed by atoms with Gasteiger partial charge in [0.25, 0.3) is 0 Å². The van der Waals surface area contributed by atoms with Crippen LogP contribution in [0.2, 0.25) is 0 Å². The summed E-state index contributed by atoms with van der Waals surface area (Å²) in [6.45, 7) is 4.36. The molecule has 0 rings (SSSR count). The summed E-state index contributed by atoms with van der Waals surface area (Å²) in [5.41, 5.74) is 0. The Hall–Kier alpha value is -0.990. The Morgan fingerprint density at radius 3 is 1.36 bits per heavy atom. The maximum atomic E-state index is 12.6. The van der Waals surface area contributed by atoms with Crippen molar-refractivity contribution in [2.45, 2.75) is 180 Å². The summed E-state index contributed by atoms with van der Waals surface area (Å²) < 4.78 is 34.0. The first kappa shape index (κ1) is 46.0. The van der Waals surface area contributed by atoms with E-state index in [0.717, 1.165) is 38.5 Å². The van der Waals surface area contributed by atoms with Gasteiger partial charge in [0.1, 0.15) is 19.8 Å². The third-order valence-electron chi connectivity index (χ3n) is 8.39. The maximum Gasteiger partial charge on any atom is 0.472 e. The van der Waals surface area contributed by atoms with Crippen LogP contribution in [0.3, 0.4) is 0 Å². The first-order valence-corrected chi connectivity index (χ1v) is 20.8. The normalized spacial score (nSPS) is 13.7. The monoisotopic (exact) mass is 693 g/mol. The summed E-state index contributed by atoms with van der Waals surface area (Å²) >= 11 is 0. The van der Waals surface area contributed by atoms with E-state index in [1.165, 1.54) is 109 Å². The van der Waals surface area contributed by atoms with E-state index in [2.05, 4.69) is 13.8 Å². The lowest BCUT2D eigenvalue weighted by atomic mass is 10.0. The van der Waals surface area contributed by atoms with Crippen LogP contribution in [0, 0.1) is 0 Å². The van der Waals surface area contributed by atoms with Gasteiger partial charge in [-0.25, -0.2) is 4.57 Å². The molecular weight excluding hydrogens is 617 g/mol. The zero-order valence-electron chi connectivity index (χ0n) is 31.3. The second-order valence-electron chi connectivity index (χ2n) is 14.3. The summed E-state index contributed by atoms with van der Waals surface area (Å²) in [5, 5.41) is 0. The summed E-state index contributed by atoms with van der Waals surface area (Å²) in [6, 6.07) is 0. The Morgan fingerprint density at radius 2 is 0.957 bits per heavy atom. The fourth-order valence-electron chi connectivity index (χ4n) is 5.31. The molecule has 0 aromatic carbocycles. The molecule has 0 spiro atoms. The molecule has 280 valence electrons. The Labute approximate surface area is 289 Å². The van der Waals surface area contributed by atoms with E-state index in [4.69, 9.17) is 18.5 Å². The minimum Gasteiger partial charge on any atom is -0.462 e. The predicted molar refractivity (Wildman–Crippen MR) is 192 cm³/mol. The van der Waals surface area contributed by atoms with Crippen LogP contribution < -0.4 is 0 Å². The van der Waals surface area contributed by atoms with E-state index >= 15 is 0 Å². The number of phosphoric ester groups is 1. The Morgan fingerprint density at radius 1 is 0.574 bits per heavy atom. The van der Waals surface area contributed by atoms with Crippen molar-refractivity contribution in [1.29, 1.82) is 0 Å². The number of rotatable bonds is 35. The van der Waals surface area contributed by atoms with Crippen molar-refractivity contribution in [3.05, 3.63) is 0 Å². The van der Waals surface area contributed by atoms with E-state index in [9.17, 15) is 19.0 Å². The van der Waals surface area contributed by atoms with Gasteiger partial charge in [-0.05, 0) is 12.8 Å². The number of hydrogen-bond donors (Lipinski definition) is 1. The van der Waals surface area contributed by atoms with Gasteiger partial charge in [0.2, 0.25) is 0 Å². The molecule has 0 aliphatic heterocycles. The molecule has 0 aliphatic carbocycles. The summed E-state index contributed by atoms with van der Waals surface area (Å²) in [6.07, 6.45) is 27.5. The quantitative estimate of drug-likeness (QED) is 0.0303. The van der Waals surface area contributed by atoms with Crippen LogP contribution >= 0.6 is 7.82 Å². The number of carbonyl (C=O) groups is 2. The van der Waals surface area contributed by atoms with Crippen molar-refractivity contribution < 1.29 is 42.1 Å². The smallest absolute Gasteiger partial charge is 0.462 e. The van der Waals surface area contributed by atoms with Crippen LogP contribution in [0.4, 0.5) is 0 Å². The largest absolute Gasteiger partial charge is 0.472 e. The van der Waals surface area contributed by atoms with Gasteiger partial charge in [-0.15, -0.1) is 0 Å². The van der Waals surface area contributed by atoms with Crippen LogP contribution in [0.5, 0.6) is 0 Å². The molecule has 0 saturated heterocycles. The van der Waals surface area contributed by atoms with E-state index in [-0.39, 0.29) is 25.6 Å². The Balaban J connectivity index is 4.27. The molecule has 0 amide bonds. The number of phosphoric acid groups is 1. The van der Waals surface area contributed by atoms with E-state index in [1.807, 2.05) is 21.1 Å². The second kappa shape index (κ2) is 31.0. The molecule has 0 bridgehead atoms. The van der Waals surface area contributed by atoms with Crippen LogP contribution in [0.25, 0.3) is 0 Å². The average Bonchev–Trinajstić information content (AvgIpc) is 3.01. The lowest BCUT2D eigenvalue weighted by molar-refractivity contribution is -0.870. The summed E-state index contributed by atoms with van der Waals surface area (Å²) in [5.74, 6) is -0.800. The molecule has 0 radical (unpaired) electrons. The first-order chi connectivity index (χ1) is 22.5. The van der Waals surface area contributed by atoms with Crippen molar-refractivity contribution in [3.63, 3.8) is 0 Å².